The number of imide groups is 1. The van der Waals surface area contributed by atoms with E-state index in [4.69, 9.17) is 4.74 Å². The van der Waals surface area contributed by atoms with Crippen molar-refractivity contribution < 1.29 is 14.3 Å². The molecule has 2 N–H and O–H groups in total. The summed E-state index contributed by atoms with van der Waals surface area (Å²) >= 11 is 0. The Kier molecular flexibility index (Phi) is 6.59. The van der Waals surface area contributed by atoms with Crippen molar-refractivity contribution >= 4 is 17.8 Å². The first-order valence-corrected chi connectivity index (χ1v) is 11.3. The lowest BCUT2D eigenvalue weighted by atomic mass is 9.85. The quantitative estimate of drug-likeness (QED) is 0.208. The molecule has 2 aliphatic carbocycles. The number of aliphatic imine (C=N–C) groups is 1. The predicted octanol–water partition coefficient (Wildman–Crippen LogP) is 1.99. The van der Waals surface area contributed by atoms with Crippen molar-refractivity contribution in [2.24, 2.45) is 28.7 Å². The predicted molar refractivity (Wildman–Crippen MR) is 120 cm³/mol. The summed E-state index contributed by atoms with van der Waals surface area (Å²) in [6, 6.07) is 8.06. The lowest BCUT2D eigenvalue weighted by Crippen LogP contribution is -2.40. The van der Waals surface area contributed by atoms with Crippen LogP contribution in [0.25, 0.3) is 0 Å². The molecule has 1 saturated carbocycles. The number of carbonyl (C=O) groups excluding carboxylic acids is 2. The number of nitrogens with zero attached hydrogens (tertiary/aromatic N) is 2. The molecule has 0 spiro atoms. The van der Waals surface area contributed by atoms with Gasteiger partial charge >= 0.3 is 0 Å². The normalized spacial score (nSPS) is 26.5. The van der Waals surface area contributed by atoms with Crippen LogP contribution in [0.3, 0.4) is 0 Å². The molecule has 4 rings (SSSR count). The molecule has 2 bridgehead atoms. The molecular weight excluding hydrogens is 392 g/mol. The highest BCUT2D eigenvalue weighted by Gasteiger charge is 2.58. The average molecular weight is 425 g/mol. The monoisotopic (exact) mass is 424 g/mol. The van der Waals surface area contributed by atoms with Crippen LogP contribution in [0.5, 0.6) is 5.75 Å². The van der Waals surface area contributed by atoms with Gasteiger partial charge in [0, 0.05) is 26.7 Å². The van der Waals surface area contributed by atoms with E-state index >= 15 is 0 Å². The number of allylic oxidation sites excluding steroid dienone is 2. The summed E-state index contributed by atoms with van der Waals surface area (Å²) in [5.74, 6) is 2.02. The van der Waals surface area contributed by atoms with Crippen LogP contribution in [0.2, 0.25) is 0 Å². The topological polar surface area (TPSA) is 83.0 Å². The summed E-state index contributed by atoms with van der Waals surface area (Å²) in [4.78, 5) is 31.2. The van der Waals surface area contributed by atoms with Crippen molar-refractivity contribution in [1.82, 2.24) is 15.5 Å². The average Bonchev–Trinajstić information content (AvgIpc) is 3.46. The van der Waals surface area contributed by atoms with Gasteiger partial charge in [-0.2, -0.15) is 0 Å². The van der Waals surface area contributed by atoms with E-state index in [9.17, 15) is 9.59 Å². The Labute approximate surface area is 183 Å². The molecule has 0 radical (unpaired) electrons. The number of carbonyl (C=O) groups is 2. The van der Waals surface area contributed by atoms with Crippen molar-refractivity contribution in [3.05, 3.63) is 42.0 Å². The van der Waals surface area contributed by atoms with Crippen LogP contribution in [0.1, 0.15) is 25.3 Å². The summed E-state index contributed by atoms with van der Waals surface area (Å²) in [6.07, 6.45) is 6.76. The molecule has 31 heavy (non-hydrogen) atoms. The number of ether oxygens (including phenoxy) is 1. The lowest BCUT2D eigenvalue weighted by Gasteiger charge is -2.18. The second-order valence-electron chi connectivity index (χ2n) is 8.40. The molecule has 1 saturated heterocycles. The SMILES string of the molecule is CCOc1ccccc1CCNC(=NC)NCCCN1C(=O)C2C3C=CC(C3)C2C1=O. The van der Waals surface area contributed by atoms with Crippen LogP contribution in [0, 0.1) is 23.7 Å². The van der Waals surface area contributed by atoms with Crippen LogP contribution in [0.4, 0.5) is 0 Å². The highest BCUT2D eigenvalue weighted by Crippen LogP contribution is 2.52. The van der Waals surface area contributed by atoms with Crippen LogP contribution in [-0.4, -0.2) is 56.0 Å². The fraction of sp³-hybridized carbons (Fsp3) is 0.542. The molecule has 2 amide bonds. The second kappa shape index (κ2) is 9.54. The zero-order valence-corrected chi connectivity index (χ0v) is 18.3. The molecule has 3 aliphatic rings. The van der Waals surface area contributed by atoms with E-state index in [1.165, 1.54) is 4.90 Å². The molecule has 7 heteroatoms. The molecule has 7 nitrogen and oxygen atoms in total. The number of fused-ring (bicyclic) bond motifs is 5. The fourth-order valence-corrected chi connectivity index (χ4v) is 5.17. The van der Waals surface area contributed by atoms with Gasteiger partial charge in [0.05, 0.1) is 18.4 Å². The minimum absolute atomic E-state index is 0.0299. The van der Waals surface area contributed by atoms with Gasteiger partial charge in [-0.15, -0.1) is 0 Å². The minimum Gasteiger partial charge on any atom is -0.494 e. The first-order valence-electron chi connectivity index (χ1n) is 11.3. The summed E-state index contributed by atoms with van der Waals surface area (Å²) in [6.45, 7) is 4.47. The first kappa shape index (κ1) is 21.4. The molecule has 1 aromatic rings. The van der Waals surface area contributed by atoms with Crippen molar-refractivity contribution in [1.29, 1.82) is 0 Å². The van der Waals surface area contributed by atoms with Crippen molar-refractivity contribution in [3.63, 3.8) is 0 Å². The number of hydrogen-bond acceptors (Lipinski definition) is 4. The molecular formula is C24H32N4O3. The zero-order chi connectivity index (χ0) is 21.8. The van der Waals surface area contributed by atoms with E-state index in [1.54, 1.807) is 7.05 Å². The number of nitrogens with one attached hydrogen (secondary N) is 2. The summed E-state index contributed by atoms with van der Waals surface area (Å²) in [5.41, 5.74) is 1.16. The highest BCUT2D eigenvalue weighted by atomic mass is 16.5. The van der Waals surface area contributed by atoms with E-state index in [1.807, 2.05) is 25.1 Å². The molecule has 1 aliphatic heterocycles. The van der Waals surface area contributed by atoms with E-state index in [0.29, 0.717) is 32.1 Å². The number of hydrogen-bond donors (Lipinski definition) is 2. The third kappa shape index (κ3) is 4.31. The Morgan fingerprint density at radius 2 is 1.77 bits per heavy atom. The van der Waals surface area contributed by atoms with E-state index in [2.05, 4.69) is 33.8 Å². The van der Waals surface area contributed by atoms with Crippen LogP contribution < -0.4 is 15.4 Å². The molecule has 1 heterocycles. The van der Waals surface area contributed by atoms with Gasteiger partial charge in [0.1, 0.15) is 5.75 Å². The van der Waals surface area contributed by atoms with E-state index in [-0.39, 0.29) is 35.5 Å². The largest absolute Gasteiger partial charge is 0.494 e. The van der Waals surface area contributed by atoms with E-state index < -0.39 is 0 Å². The maximum atomic E-state index is 12.7. The van der Waals surface area contributed by atoms with Gasteiger partial charge in [-0.25, -0.2) is 0 Å². The van der Waals surface area contributed by atoms with Crippen molar-refractivity contribution in [2.45, 2.75) is 26.2 Å². The number of guanidine groups is 1. The second-order valence-corrected chi connectivity index (χ2v) is 8.40. The third-order valence-corrected chi connectivity index (χ3v) is 6.60. The molecule has 4 atom stereocenters. The third-order valence-electron chi connectivity index (χ3n) is 6.60. The van der Waals surface area contributed by atoms with Crippen molar-refractivity contribution in [3.8, 4) is 5.75 Å². The number of likely N-dealkylation sites (tertiary alicyclic amines) is 1. The molecule has 2 fully saturated rings. The van der Waals surface area contributed by atoms with Gasteiger partial charge < -0.3 is 15.4 Å². The summed E-state index contributed by atoms with van der Waals surface area (Å²) in [7, 11) is 1.74. The Morgan fingerprint density at radius 3 is 2.45 bits per heavy atom. The van der Waals surface area contributed by atoms with Gasteiger partial charge in [-0.1, -0.05) is 30.4 Å². The minimum atomic E-state index is -0.107. The number of benzene rings is 1. The Hall–Kier alpha value is -2.83. The van der Waals surface area contributed by atoms with Crippen LogP contribution in [-0.2, 0) is 16.0 Å². The smallest absolute Gasteiger partial charge is 0.233 e. The first-order chi connectivity index (χ1) is 15.1. The Balaban J connectivity index is 1.18. The molecule has 166 valence electrons. The van der Waals surface area contributed by atoms with Crippen molar-refractivity contribution in [2.75, 3.05) is 33.3 Å². The maximum absolute atomic E-state index is 12.7. The van der Waals surface area contributed by atoms with Crippen LogP contribution >= 0.6 is 0 Å². The Morgan fingerprint density at radius 1 is 1.10 bits per heavy atom. The molecule has 1 aromatic carbocycles. The maximum Gasteiger partial charge on any atom is 0.233 e. The lowest BCUT2D eigenvalue weighted by molar-refractivity contribution is -0.140. The van der Waals surface area contributed by atoms with Gasteiger partial charge in [0.15, 0.2) is 5.96 Å². The highest BCUT2D eigenvalue weighted by molar-refractivity contribution is 6.06. The summed E-state index contributed by atoms with van der Waals surface area (Å²) in [5, 5.41) is 6.59. The number of para-hydroxylation sites is 1. The standard InChI is InChI=1S/C24H32N4O3/c1-3-31-19-8-5-4-7-16(19)11-13-27-24(25-2)26-12-6-14-28-22(29)20-17-9-10-18(15-17)21(20)23(28)30/h4-5,7-10,17-18,20-21H,3,6,11-15H2,1-2H3,(H2,25,26,27). The Bertz CT molecular complexity index is 851. The fourth-order valence-electron chi connectivity index (χ4n) is 5.17. The zero-order valence-electron chi connectivity index (χ0n) is 18.3. The van der Waals surface area contributed by atoms with Crippen LogP contribution in [0.15, 0.2) is 41.4 Å². The van der Waals surface area contributed by atoms with Gasteiger partial charge in [0.2, 0.25) is 11.8 Å². The molecule has 0 aromatic heterocycles. The number of amides is 2. The van der Waals surface area contributed by atoms with Gasteiger partial charge in [0.25, 0.3) is 0 Å². The van der Waals surface area contributed by atoms with Gasteiger partial charge in [-0.05, 0) is 49.7 Å². The summed E-state index contributed by atoms with van der Waals surface area (Å²) < 4.78 is 5.67. The number of rotatable bonds is 9. The van der Waals surface area contributed by atoms with Gasteiger partial charge in [-0.3, -0.25) is 19.5 Å². The van der Waals surface area contributed by atoms with E-state index in [0.717, 1.165) is 30.7 Å². The molecule has 4 unspecified atom stereocenters.